The molecule has 0 bridgehead atoms. The third kappa shape index (κ3) is 2.93. The molecule has 1 aromatic rings. The van der Waals surface area contributed by atoms with E-state index in [1.807, 2.05) is 12.1 Å². The Balaban J connectivity index is 2.46. The van der Waals surface area contributed by atoms with E-state index < -0.39 is 0 Å². The van der Waals surface area contributed by atoms with Gasteiger partial charge in [-0.15, -0.1) is 0 Å². The van der Waals surface area contributed by atoms with Crippen molar-refractivity contribution in [2.24, 2.45) is 10.7 Å². The Kier molecular flexibility index (Phi) is 3.85. The molecule has 0 saturated carbocycles. The lowest BCUT2D eigenvalue weighted by molar-refractivity contribution is -0.138. The van der Waals surface area contributed by atoms with E-state index in [-0.39, 0.29) is 12.4 Å². The van der Waals surface area contributed by atoms with Crippen LogP contribution in [0.25, 0.3) is 6.08 Å². The van der Waals surface area contributed by atoms with Crippen LogP contribution in [0.15, 0.2) is 28.8 Å². The van der Waals surface area contributed by atoms with E-state index >= 15 is 0 Å². The van der Waals surface area contributed by atoms with Crippen LogP contribution in [0.3, 0.4) is 0 Å². The monoisotopic (exact) mass is 260 g/mol. The third-order valence-electron chi connectivity index (χ3n) is 2.74. The second kappa shape index (κ2) is 5.56. The van der Waals surface area contributed by atoms with Gasteiger partial charge in [0, 0.05) is 17.6 Å². The molecule has 2 rings (SSSR count). The van der Waals surface area contributed by atoms with Gasteiger partial charge in [0.15, 0.2) is 0 Å². The molecule has 1 aromatic carbocycles. The summed E-state index contributed by atoms with van der Waals surface area (Å²) in [5, 5.41) is 0. The Labute approximate surface area is 111 Å². The van der Waals surface area contributed by atoms with E-state index in [0.717, 1.165) is 11.3 Å². The largest absolute Gasteiger partial charge is 0.497 e. The van der Waals surface area contributed by atoms with E-state index in [0.29, 0.717) is 23.8 Å². The van der Waals surface area contributed by atoms with Crippen molar-refractivity contribution in [1.82, 2.24) is 0 Å². The molecule has 0 amide bonds. The van der Waals surface area contributed by atoms with Crippen LogP contribution in [-0.2, 0) is 9.53 Å². The number of hydrogen-bond acceptors (Lipinski definition) is 5. The van der Waals surface area contributed by atoms with Gasteiger partial charge < -0.3 is 15.2 Å². The second-order valence-electron chi connectivity index (χ2n) is 4.09. The molecule has 2 N–H and O–H groups in total. The molecular weight excluding hydrogens is 244 g/mol. The molecule has 0 radical (unpaired) electrons. The molecule has 0 aromatic heterocycles. The summed E-state index contributed by atoms with van der Waals surface area (Å²) in [6.07, 6.45) is 2.04. The first-order valence-electron chi connectivity index (χ1n) is 6.02. The Hall–Kier alpha value is -2.30. The van der Waals surface area contributed by atoms with Crippen LogP contribution in [0.4, 0.5) is 5.69 Å². The minimum Gasteiger partial charge on any atom is -0.497 e. The SMILES string of the molecule is CCOC(=O)C1=Cc2cc(OC)ccc2N=C(N)C1. The van der Waals surface area contributed by atoms with E-state index in [9.17, 15) is 4.79 Å². The topological polar surface area (TPSA) is 73.9 Å². The first kappa shape index (κ1) is 13.1. The van der Waals surface area contributed by atoms with Gasteiger partial charge >= 0.3 is 5.97 Å². The van der Waals surface area contributed by atoms with Crippen molar-refractivity contribution >= 4 is 23.6 Å². The minimum absolute atomic E-state index is 0.288. The maximum atomic E-state index is 11.8. The van der Waals surface area contributed by atoms with Gasteiger partial charge in [0.2, 0.25) is 0 Å². The smallest absolute Gasteiger partial charge is 0.334 e. The van der Waals surface area contributed by atoms with Gasteiger partial charge in [-0.2, -0.15) is 0 Å². The van der Waals surface area contributed by atoms with Crippen LogP contribution in [0.2, 0.25) is 0 Å². The van der Waals surface area contributed by atoms with Gasteiger partial charge in [0.1, 0.15) is 11.6 Å². The van der Waals surface area contributed by atoms with Gasteiger partial charge in [0.25, 0.3) is 0 Å². The number of methoxy groups -OCH3 is 1. The number of esters is 1. The number of carbonyl (C=O) groups is 1. The summed E-state index contributed by atoms with van der Waals surface area (Å²) in [6.45, 7) is 2.10. The summed E-state index contributed by atoms with van der Waals surface area (Å²) >= 11 is 0. The molecule has 0 unspecified atom stereocenters. The number of amidine groups is 1. The highest BCUT2D eigenvalue weighted by Crippen LogP contribution is 2.30. The number of rotatable bonds is 3. The number of nitrogens with zero attached hydrogens (tertiary/aromatic N) is 1. The van der Waals surface area contributed by atoms with Crippen molar-refractivity contribution in [1.29, 1.82) is 0 Å². The number of carbonyl (C=O) groups excluding carboxylic acids is 1. The zero-order valence-electron chi connectivity index (χ0n) is 11.0. The van der Waals surface area contributed by atoms with Gasteiger partial charge in [0.05, 0.1) is 19.4 Å². The molecule has 0 aliphatic carbocycles. The van der Waals surface area contributed by atoms with Crippen LogP contribution in [0.1, 0.15) is 18.9 Å². The lowest BCUT2D eigenvalue weighted by Crippen LogP contribution is -2.16. The summed E-state index contributed by atoms with van der Waals surface area (Å²) in [4.78, 5) is 16.1. The highest BCUT2D eigenvalue weighted by atomic mass is 16.5. The predicted octanol–water partition coefficient (Wildman–Crippen LogP) is 2.03. The molecule has 1 heterocycles. The molecule has 0 fully saturated rings. The molecule has 1 aliphatic heterocycles. The fraction of sp³-hybridized carbons (Fsp3) is 0.286. The first-order chi connectivity index (χ1) is 9.13. The van der Waals surface area contributed by atoms with Gasteiger partial charge in [-0.1, -0.05) is 0 Å². The van der Waals surface area contributed by atoms with E-state index in [2.05, 4.69) is 4.99 Å². The van der Waals surface area contributed by atoms with Crippen LogP contribution >= 0.6 is 0 Å². The first-order valence-corrected chi connectivity index (χ1v) is 6.02. The zero-order valence-corrected chi connectivity index (χ0v) is 11.0. The fourth-order valence-electron chi connectivity index (χ4n) is 1.86. The number of ether oxygens (including phenoxy) is 2. The van der Waals surface area contributed by atoms with Crippen molar-refractivity contribution in [2.45, 2.75) is 13.3 Å². The highest BCUT2D eigenvalue weighted by molar-refractivity contribution is 6.03. The number of hydrogen-bond donors (Lipinski definition) is 1. The van der Waals surface area contributed by atoms with E-state index in [1.54, 1.807) is 26.2 Å². The molecule has 0 atom stereocenters. The second-order valence-corrected chi connectivity index (χ2v) is 4.09. The van der Waals surface area contributed by atoms with Gasteiger partial charge in [-0.3, -0.25) is 0 Å². The molecule has 1 aliphatic rings. The Morgan fingerprint density at radius 1 is 1.47 bits per heavy atom. The van der Waals surface area contributed by atoms with Crippen molar-refractivity contribution in [3.8, 4) is 5.75 Å². The average molecular weight is 260 g/mol. The van der Waals surface area contributed by atoms with Crippen LogP contribution < -0.4 is 10.5 Å². The van der Waals surface area contributed by atoms with Gasteiger partial charge in [-0.25, -0.2) is 9.79 Å². The maximum Gasteiger partial charge on any atom is 0.334 e. The summed E-state index contributed by atoms with van der Waals surface area (Å²) in [5.41, 5.74) is 7.82. The number of fused-ring (bicyclic) bond motifs is 1. The lowest BCUT2D eigenvalue weighted by atomic mass is 10.1. The quantitative estimate of drug-likeness (QED) is 0.844. The van der Waals surface area contributed by atoms with Crippen molar-refractivity contribution in [3.05, 3.63) is 29.3 Å². The molecule has 0 spiro atoms. The normalized spacial score (nSPS) is 13.8. The molecule has 100 valence electrons. The van der Waals surface area contributed by atoms with Crippen LogP contribution in [0, 0.1) is 0 Å². The number of benzene rings is 1. The van der Waals surface area contributed by atoms with Crippen molar-refractivity contribution < 1.29 is 14.3 Å². The highest BCUT2D eigenvalue weighted by Gasteiger charge is 2.17. The molecular formula is C14H16N2O3. The summed E-state index contributed by atoms with van der Waals surface area (Å²) in [7, 11) is 1.59. The lowest BCUT2D eigenvalue weighted by Gasteiger charge is -2.05. The summed E-state index contributed by atoms with van der Waals surface area (Å²) in [5.74, 6) is 0.730. The van der Waals surface area contributed by atoms with Crippen LogP contribution in [0.5, 0.6) is 5.75 Å². The molecule has 5 nitrogen and oxygen atoms in total. The van der Waals surface area contributed by atoms with Crippen molar-refractivity contribution in [2.75, 3.05) is 13.7 Å². The zero-order chi connectivity index (χ0) is 13.8. The minimum atomic E-state index is -0.365. The number of aliphatic imine (C=N–C) groups is 1. The molecule has 19 heavy (non-hydrogen) atoms. The Morgan fingerprint density at radius 3 is 2.95 bits per heavy atom. The third-order valence-corrected chi connectivity index (χ3v) is 2.74. The Morgan fingerprint density at radius 2 is 2.26 bits per heavy atom. The van der Waals surface area contributed by atoms with Crippen LogP contribution in [-0.4, -0.2) is 25.5 Å². The maximum absolute atomic E-state index is 11.8. The molecule has 0 saturated heterocycles. The van der Waals surface area contributed by atoms with E-state index in [1.165, 1.54) is 0 Å². The summed E-state index contributed by atoms with van der Waals surface area (Å²) in [6, 6.07) is 5.43. The molecule has 5 heteroatoms. The standard InChI is InChI=1S/C14H16N2O3/c1-3-19-14(17)10-6-9-7-11(18-2)4-5-12(9)16-13(15)8-10/h4-7H,3,8H2,1-2H3,(H2,15,16). The van der Waals surface area contributed by atoms with Gasteiger partial charge in [-0.05, 0) is 31.2 Å². The number of nitrogens with two attached hydrogens (primary N) is 1. The summed E-state index contributed by atoms with van der Waals surface area (Å²) < 4.78 is 10.2. The van der Waals surface area contributed by atoms with Crippen molar-refractivity contribution in [3.63, 3.8) is 0 Å². The average Bonchev–Trinajstić information content (AvgIpc) is 2.56. The fourth-order valence-corrected chi connectivity index (χ4v) is 1.86. The Bertz CT molecular complexity index is 562. The predicted molar refractivity (Wildman–Crippen MR) is 73.5 cm³/mol. The van der Waals surface area contributed by atoms with E-state index in [4.69, 9.17) is 15.2 Å².